The fourth-order valence-electron chi connectivity index (χ4n) is 5.25. The molecule has 0 aromatic heterocycles. The smallest absolute Gasteiger partial charge is 0.264 e. The number of nitrogens with one attached hydrogen (secondary N) is 1. The second kappa shape index (κ2) is 15.0. The molecule has 0 spiro atoms. The van der Waals surface area contributed by atoms with Crippen LogP contribution < -0.4 is 19.1 Å². The zero-order chi connectivity index (χ0) is 32.5. The lowest BCUT2D eigenvalue weighted by molar-refractivity contribution is -0.140. The molecule has 4 aromatic carbocycles. The number of nitrogens with zero attached hydrogens (tertiary/aromatic N) is 2. The Balaban J connectivity index is 1.57. The SMILES string of the molecule is CCCNC(=O)[C@@H](Cc1ccccc1)N(Cc1ccc(C)cc1)C(=O)CN(c1ccc2c(c1)OCCO2)S(=O)(=O)c1ccccc1. The highest BCUT2D eigenvalue weighted by Crippen LogP contribution is 2.36. The molecule has 1 aliphatic rings. The van der Waals surface area contributed by atoms with E-state index in [0.717, 1.165) is 27.4 Å². The summed E-state index contributed by atoms with van der Waals surface area (Å²) < 4.78 is 40.9. The van der Waals surface area contributed by atoms with Crippen LogP contribution in [0.5, 0.6) is 11.5 Å². The van der Waals surface area contributed by atoms with E-state index in [1.54, 1.807) is 36.4 Å². The number of rotatable bonds is 13. The Bertz CT molecular complexity index is 1730. The molecule has 0 aliphatic carbocycles. The van der Waals surface area contributed by atoms with Crippen molar-refractivity contribution in [3.8, 4) is 11.5 Å². The molecule has 46 heavy (non-hydrogen) atoms. The van der Waals surface area contributed by atoms with Crippen LogP contribution in [0.3, 0.4) is 0 Å². The maximum absolute atomic E-state index is 14.6. The number of aryl methyl sites for hydroxylation is 1. The van der Waals surface area contributed by atoms with Crippen LogP contribution in [-0.2, 0) is 32.6 Å². The van der Waals surface area contributed by atoms with Crippen molar-refractivity contribution in [1.82, 2.24) is 10.2 Å². The fourth-order valence-corrected chi connectivity index (χ4v) is 6.67. The van der Waals surface area contributed by atoms with Crippen LogP contribution in [0.25, 0.3) is 0 Å². The van der Waals surface area contributed by atoms with Gasteiger partial charge in [-0.3, -0.25) is 13.9 Å². The average Bonchev–Trinajstić information content (AvgIpc) is 3.09. The molecule has 1 heterocycles. The van der Waals surface area contributed by atoms with Crippen LogP contribution in [0, 0.1) is 6.92 Å². The second-order valence-corrected chi connectivity index (χ2v) is 13.0. The van der Waals surface area contributed by atoms with Crippen LogP contribution in [0.15, 0.2) is 108 Å². The summed E-state index contributed by atoms with van der Waals surface area (Å²) >= 11 is 0. The molecule has 240 valence electrons. The van der Waals surface area contributed by atoms with Gasteiger partial charge in [0.15, 0.2) is 11.5 Å². The van der Waals surface area contributed by atoms with Gasteiger partial charge in [-0.1, -0.05) is 85.3 Å². The molecule has 5 rings (SSSR count). The molecule has 4 aromatic rings. The zero-order valence-electron chi connectivity index (χ0n) is 26.1. The molecule has 0 bridgehead atoms. The van der Waals surface area contributed by atoms with Crippen molar-refractivity contribution in [2.45, 2.75) is 44.2 Å². The fraction of sp³-hybridized carbons (Fsp3) is 0.278. The van der Waals surface area contributed by atoms with E-state index in [1.165, 1.54) is 17.0 Å². The quantitative estimate of drug-likeness (QED) is 0.217. The van der Waals surface area contributed by atoms with Gasteiger partial charge >= 0.3 is 0 Å². The minimum Gasteiger partial charge on any atom is -0.486 e. The number of amides is 2. The normalized spacial score (nSPS) is 13.0. The summed E-state index contributed by atoms with van der Waals surface area (Å²) in [6.07, 6.45) is 0.979. The molecule has 0 radical (unpaired) electrons. The lowest BCUT2D eigenvalue weighted by Crippen LogP contribution is -2.53. The summed E-state index contributed by atoms with van der Waals surface area (Å²) in [5, 5.41) is 2.96. The summed E-state index contributed by atoms with van der Waals surface area (Å²) in [5.41, 5.74) is 2.99. The van der Waals surface area contributed by atoms with Crippen molar-refractivity contribution in [2.75, 3.05) is 30.6 Å². The largest absolute Gasteiger partial charge is 0.486 e. The number of hydrogen-bond acceptors (Lipinski definition) is 6. The van der Waals surface area contributed by atoms with Crippen LogP contribution in [0.2, 0.25) is 0 Å². The van der Waals surface area contributed by atoms with Gasteiger partial charge in [-0.2, -0.15) is 0 Å². The highest BCUT2D eigenvalue weighted by atomic mass is 32.2. The maximum atomic E-state index is 14.6. The first-order valence-electron chi connectivity index (χ1n) is 15.4. The highest BCUT2D eigenvalue weighted by molar-refractivity contribution is 7.92. The Hall–Kier alpha value is -4.83. The van der Waals surface area contributed by atoms with Crippen molar-refractivity contribution in [2.24, 2.45) is 0 Å². The number of carbonyl (C=O) groups is 2. The van der Waals surface area contributed by atoms with Crippen molar-refractivity contribution >= 4 is 27.5 Å². The van der Waals surface area contributed by atoms with E-state index in [2.05, 4.69) is 5.32 Å². The third kappa shape index (κ3) is 7.87. The molecule has 1 aliphatic heterocycles. The van der Waals surface area contributed by atoms with E-state index in [0.29, 0.717) is 31.3 Å². The Morgan fingerprint density at radius 3 is 2.15 bits per heavy atom. The van der Waals surface area contributed by atoms with Gasteiger partial charge < -0.3 is 19.7 Å². The molecule has 0 saturated heterocycles. The summed E-state index contributed by atoms with van der Waals surface area (Å²) in [4.78, 5) is 29.8. The van der Waals surface area contributed by atoms with Gasteiger partial charge in [-0.05, 0) is 48.7 Å². The van der Waals surface area contributed by atoms with Gasteiger partial charge in [0, 0.05) is 25.6 Å². The van der Waals surface area contributed by atoms with Crippen molar-refractivity contribution in [1.29, 1.82) is 0 Å². The average molecular weight is 642 g/mol. The maximum Gasteiger partial charge on any atom is 0.264 e. The van der Waals surface area contributed by atoms with Gasteiger partial charge in [0.05, 0.1) is 10.6 Å². The molecule has 1 N–H and O–H groups in total. The first kappa shape index (κ1) is 32.6. The van der Waals surface area contributed by atoms with Gasteiger partial charge in [0.1, 0.15) is 25.8 Å². The number of benzene rings is 4. The van der Waals surface area contributed by atoms with Gasteiger partial charge in [-0.25, -0.2) is 8.42 Å². The predicted octanol–water partition coefficient (Wildman–Crippen LogP) is 5.13. The lowest BCUT2D eigenvalue weighted by atomic mass is 10.0. The number of sulfonamides is 1. The predicted molar refractivity (Wildman–Crippen MR) is 177 cm³/mol. The summed E-state index contributed by atoms with van der Waals surface area (Å²) in [5.74, 6) is 0.0577. The van der Waals surface area contributed by atoms with Crippen molar-refractivity contribution in [3.63, 3.8) is 0 Å². The van der Waals surface area contributed by atoms with E-state index < -0.39 is 28.5 Å². The molecule has 9 nitrogen and oxygen atoms in total. The van der Waals surface area contributed by atoms with E-state index in [9.17, 15) is 18.0 Å². The second-order valence-electron chi connectivity index (χ2n) is 11.2. The molecule has 10 heteroatoms. The topological polar surface area (TPSA) is 105 Å². The molecule has 0 fully saturated rings. The Labute approximate surface area is 270 Å². The van der Waals surface area contributed by atoms with Crippen LogP contribution >= 0.6 is 0 Å². The third-order valence-corrected chi connectivity index (χ3v) is 9.51. The minimum absolute atomic E-state index is 0.0318. The van der Waals surface area contributed by atoms with E-state index >= 15 is 0 Å². The number of anilines is 1. The molecular weight excluding hydrogens is 602 g/mol. The Morgan fingerprint density at radius 2 is 1.48 bits per heavy atom. The molecule has 2 amide bonds. The Kier molecular flexibility index (Phi) is 10.6. The number of fused-ring (bicyclic) bond motifs is 1. The number of ether oxygens (including phenoxy) is 2. The van der Waals surface area contributed by atoms with Crippen LogP contribution in [-0.4, -0.2) is 57.5 Å². The monoisotopic (exact) mass is 641 g/mol. The van der Waals surface area contributed by atoms with Gasteiger partial charge in [0.25, 0.3) is 10.0 Å². The van der Waals surface area contributed by atoms with Gasteiger partial charge in [0.2, 0.25) is 11.8 Å². The zero-order valence-corrected chi connectivity index (χ0v) is 26.9. The molecule has 0 saturated carbocycles. The summed E-state index contributed by atoms with van der Waals surface area (Å²) in [6, 6.07) is 29.1. The number of carbonyl (C=O) groups excluding carboxylic acids is 2. The first-order valence-corrected chi connectivity index (χ1v) is 16.8. The third-order valence-electron chi connectivity index (χ3n) is 7.72. The van der Waals surface area contributed by atoms with Gasteiger partial charge in [-0.15, -0.1) is 0 Å². The van der Waals surface area contributed by atoms with Crippen molar-refractivity contribution in [3.05, 3.63) is 120 Å². The first-order chi connectivity index (χ1) is 22.3. The van der Waals surface area contributed by atoms with Crippen LogP contribution in [0.1, 0.15) is 30.0 Å². The van der Waals surface area contributed by atoms with E-state index in [-0.39, 0.29) is 29.5 Å². The summed E-state index contributed by atoms with van der Waals surface area (Å²) in [7, 11) is -4.22. The van der Waals surface area contributed by atoms with Crippen molar-refractivity contribution < 1.29 is 27.5 Å². The molecule has 1 atom stereocenters. The molecule has 0 unspecified atom stereocenters. The highest BCUT2D eigenvalue weighted by Gasteiger charge is 2.35. The van der Waals surface area contributed by atoms with E-state index in [4.69, 9.17) is 9.47 Å². The lowest BCUT2D eigenvalue weighted by Gasteiger charge is -2.34. The Morgan fingerprint density at radius 1 is 0.826 bits per heavy atom. The summed E-state index contributed by atoms with van der Waals surface area (Å²) in [6.45, 7) is 4.64. The molecular formula is C36H39N3O6S. The minimum atomic E-state index is -4.22. The van der Waals surface area contributed by atoms with E-state index in [1.807, 2.05) is 68.4 Å². The number of hydrogen-bond donors (Lipinski definition) is 1. The standard InChI is InChI=1S/C36H39N3O6S/c1-3-20-37-36(41)32(23-28-10-6-4-7-11-28)38(25-29-16-14-27(2)15-17-29)35(40)26-39(46(42,43)31-12-8-5-9-13-31)30-18-19-33-34(24-30)45-22-21-44-33/h4-19,24,32H,3,20-23,25-26H2,1-2H3,(H,37,41)/t32-/m1/s1. The van der Waals surface area contributed by atoms with Crippen LogP contribution in [0.4, 0.5) is 5.69 Å².